The van der Waals surface area contributed by atoms with Gasteiger partial charge in [0.2, 0.25) is 5.95 Å². The molecule has 0 bridgehead atoms. The summed E-state index contributed by atoms with van der Waals surface area (Å²) in [5.41, 5.74) is 5.66. The third kappa shape index (κ3) is 6.78. The van der Waals surface area contributed by atoms with Gasteiger partial charge < -0.3 is 15.2 Å². The molecule has 0 saturated heterocycles. The number of carbonyl (C=O) groups is 1. The Morgan fingerprint density at radius 3 is 2.04 bits per heavy atom. The van der Waals surface area contributed by atoms with Crippen LogP contribution in [0.25, 0.3) is 0 Å². The maximum Gasteiger partial charge on any atom is 0.219 e. The standard InChI is InChI=1S/C13H18O3.C4H5N3/c1-9(2)15-12-7-5-6-11(8-14)13(12)16-10(3)4;5-4-6-2-1-3-7-4/h5-10H,1-4H3;1-3H,(H2,5,6,7). The summed E-state index contributed by atoms with van der Waals surface area (Å²) in [5, 5.41) is 0. The summed E-state index contributed by atoms with van der Waals surface area (Å²) in [7, 11) is 0. The Bertz CT molecular complexity index is 601. The average Bonchev–Trinajstić information content (AvgIpc) is 2.49. The van der Waals surface area contributed by atoms with Gasteiger partial charge in [-0.2, -0.15) is 0 Å². The van der Waals surface area contributed by atoms with Crippen molar-refractivity contribution in [2.45, 2.75) is 39.9 Å². The van der Waals surface area contributed by atoms with Crippen LogP contribution < -0.4 is 15.2 Å². The van der Waals surface area contributed by atoms with Gasteiger partial charge in [-0.25, -0.2) is 9.97 Å². The number of aromatic nitrogens is 2. The summed E-state index contributed by atoms with van der Waals surface area (Å²) in [6, 6.07) is 7.04. The first-order valence-electron chi connectivity index (χ1n) is 7.38. The fraction of sp³-hybridized carbons (Fsp3) is 0.353. The quantitative estimate of drug-likeness (QED) is 0.852. The zero-order chi connectivity index (χ0) is 17.2. The fourth-order valence-corrected chi connectivity index (χ4v) is 1.64. The summed E-state index contributed by atoms with van der Waals surface area (Å²) < 4.78 is 11.2. The SMILES string of the molecule is CC(C)Oc1cccc(C=O)c1OC(C)C.Nc1ncccn1. The van der Waals surface area contributed by atoms with Crippen LogP contribution in [-0.4, -0.2) is 28.5 Å². The van der Waals surface area contributed by atoms with E-state index in [-0.39, 0.29) is 12.2 Å². The minimum Gasteiger partial charge on any atom is -0.487 e. The van der Waals surface area contributed by atoms with Crippen LogP contribution >= 0.6 is 0 Å². The van der Waals surface area contributed by atoms with Crippen LogP contribution in [0.4, 0.5) is 5.95 Å². The predicted molar refractivity (Wildman–Crippen MR) is 89.8 cm³/mol. The Hall–Kier alpha value is -2.63. The van der Waals surface area contributed by atoms with Crippen LogP contribution in [0.5, 0.6) is 11.5 Å². The molecule has 1 aromatic heterocycles. The zero-order valence-corrected chi connectivity index (χ0v) is 13.9. The largest absolute Gasteiger partial charge is 0.487 e. The summed E-state index contributed by atoms with van der Waals surface area (Å²) in [6.07, 6.45) is 4.04. The number of aldehydes is 1. The average molecular weight is 317 g/mol. The van der Waals surface area contributed by atoms with Crippen LogP contribution in [-0.2, 0) is 0 Å². The minimum absolute atomic E-state index is 0.00983. The molecule has 0 fully saturated rings. The Kier molecular flexibility index (Phi) is 7.53. The van der Waals surface area contributed by atoms with E-state index in [1.54, 1.807) is 30.6 Å². The lowest BCUT2D eigenvalue weighted by molar-refractivity contribution is 0.111. The van der Waals surface area contributed by atoms with Gasteiger partial charge in [-0.15, -0.1) is 0 Å². The van der Waals surface area contributed by atoms with Crippen molar-refractivity contribution in [3.8, 4) is 11.5 Å². The highest BCUT2D eigenvalue weighted by molar-refractivity contribution is 5.81. The molecule has 0 aliphatic rings. The number of anilines is 1. The number of nitrogens with two attached hydrogens (primary N) is 1. The van der Waals surface area contributed by atoms with E-state index in [9.17, 15) is 4.79 Å². The number of ether oxygens (including phenoxy) is 2. The van der Waals surface area contributed by atoms with Gasteiger partial charge in [-0.05, 0) is 45.9 Å². The zero-order valence-electron chi connectivity index (χ0n) is 13.9. The molecular weight excluding hydrogens is 294 g/mol. The minimum atomic E-state index is 0.00983. The maximum atomic E-state index is 10.9. The van der Waals surface area contributed by atoms with E-state index in [4.69, 9.17) is 15.2 Å². The van der Waals surface area contributed by atoms with Gasteiger partial charge in [-0.3, -0.25) is 4.79 Å². The second-order valence-electron chi connectivity index (χ2n) is 5.23. The fourth-order valence-electron chi connectivity index (χ4n) is 1.64. The van der Waals surface area contributed by atoms with E-state index in [1.165, 1.54) is 0 Å². The van der Waals surface area contributed by atoms with E-state index in [0.29, 0.717) is 23.0 Å². The molecule has 0 spiro atoms. The second-order valence-corrected chi connectivity index (χ2v) is 5.23. The molecule has 0 amide bonds. The van der Waals surface area contributed by atoms with Gasteiger partial charge >= 0.3 is 0 Å². The number of hydrogen-bond acceptors (Lipinski definition) is 6. The van der Waals surface area contributed by atoms with Crippen molar-refractivity contribution in [1.29, 1.82) is 0 Å². The summed E-state index contributed by atoms with van der Waals surface area (Å²) >= 11 is 0. The molecule has 2 N–H and O–H groups in total. The van der Waals surface area contributed by atoms with Crippen LogP contribution in [0.3, 0.4) is 0 Å². The van der Waals surface area contributed by atoms with E-state index < -0.39 is 0 Å². The lowest BCUT2D eigenvalue weighted by Gasteiger charge is -2.18. The van der Waals surface area contributed by atoms with Gasteiger partial charge in [0.1, 0.15) is 0 Å². The third-order valence-electron chi connectivity index (χ3n) is 2.44. The van der Waals surface area contributed by atoms with Gasteiger partial charge in [-0.1, -0.05) is 6.07 Å². The molecule has 0 aliphatic heterocycles. The highest BCUT2D eigenvalue weighted by Crippen LogP contribution is 2.31. The Morgan fingerprint density at radius 2 is 1.61 bits per heavy atom. The molecule has 1 heterocycles. The molecule has 0 aliphatic carbocycles. The van der Waals surface area contributed by atoms with E-state index >= 15 is 0 Å². The number of hydrogen-bond donors (Lipinski definition) is 1. The smallest absolute Gasteiger partial charge is 0.219 e. The predicted octanol–water partition coefficient (Wildman–Crippen LogP) is 3.13. The van der Waals surface area contributed by atoms with Crippen LogP contribution in [0.1, 0.15) is 38.1 Å². The maximum absolute atomic E-state index is 10.9. The van der Waals surface area contributed by atoms with Crippen LogP contribution in [0, 0.1) is 0 Å². The van der Waals surface area contributed by atoms with Crippen molar-refractivity contribution in [3.05, 3.63) is 42.2 Å². The lowest BCUT2D eigenvalue weighted by Crippen LogP contribution is -2.12. The van der Waals surface area contributed by atoms with Crippen molar-refractivity contribution >= 4 is 12.2 Å². The van der Waals surface area contributed by atoms with Crippen molar-refractivity contribution in [3.63, 3.8) is 0 Å². The van der Waals surface area contributed by atoms with Gasteiger partial charge in [0.25, 0.3) is 0 Å². The monoisotopic (exact) mass is 317 g/mol. The van der Waals surface area contributed by atoms with Gasteiger partial charge in [0, 0.05) is 12.4 Å². The number of benzene rings is 1. The first kappa shape index (κ1) is 18.4. The number of carbonyl (C=O) groups excluding carboxylic acids is 1. The number of nitrogen functional groups attached to an aromatic ring is 1. The van der Waals surface area contributed by atoms with Gasteiger partial charge in [0.15, 0.2) is 17.8 Å². The molecule has 0 saturated carbocycles. The third-order valence-corrected chi connectivity index (χ3v) is 2.44. The molecule has 1 aromatic carbocycles. The van der Waals surface area contributed by atoms with Gasteiger partial charge in [0.05, 0.1) is 17.8 Å². The molecule has 6 nitrogen and oxygen atoms in total. The second kappa shape index (κ2) is 9.40. The molecule has 6 heteroatoms. The van der Waals surface area contributed by atoms with E-state index in [1.807, 2.05) is 33.8 Å². The Morgan fingerprint density at radius 1 is 1.00 bits per heavy atom. The first-order chi connectivity index (χ1) is 10.9. The number of rotatable bonds is 5. The normalized spacial score (nSPS) is 10.0. The number of nitrogens with zero attached hydrogens (tertiary/aromatic N) is 2. The molecular formula is C17H23N3O3. The Balaban J connectivity index is 0.000000313. The van der Waals surface area contributed by atoms with Crippen molar-refractivity contribution in [1.82, 2.24) is 9.97 Å². The Labute approximate surface area is 136 Å². The summed E-state index contributed by atoms with van der Waals surface area (Å²) in [4.78, 5) is 18.2. The topological polar surface area (TPSA) is 87.3 Å². The molecule has 0 unspecified atom stereocenters. The highest BCUT2D eigenvalue weighted by atomic mass is 16.5. The van der Waals surface area contributed by atoms with Crippen molar-refractivity contribution in [2.75, 3.05) is 5.73 Å². The van der Waals surface area contributed by atoms with Crippen LogP contribution in [0.2, 0.25) is 0 Å². The van der Waals surface area contributed by atoms with E-state index in [2.05, 4.69) is 9.97 Å². The van der Waals surface area contributed by atoms with Crippen molar-refractivity contribution < 1.29 is 14.3 Å². The molecule has 124 valence electrons. The summed E-state index contributed by atoms with van der Waals surface area (Å²) in [6.45, 7) is 7.71. The lowest BCUT2D eigenvalue weighted by atomic mass is 10.2. The highest BCUT2D eigenvalue weighted by Gasteiger charge is 2.13. The van der Waals surface area contributed by atoms with Crippen molar-refractivity contribution in [2.24, 2.45) is 0 Å². The molecule has 23 heavy (non-hydrogen) atoms. The molecule has 2 aromatic rings. The number of para-hydroxylation sites is 1. The molecule has 0 radical (unpaired) electrons. The molecule has 2 rings (SSSR count). The molecule has 0 atom stereocenters. The first-order valence-corrected chi connectivity index (χ1v) is 7.38. The van der Waals surface area contributed by atoms with Crippen LogP contribution in [0.15, 0.2) is 36.7 Å². The van der Waals surface area contributed by atoms with E-state index in [0.717, 1.165) is 6.29 Å². The summed E-state index contributed by atoms with van der Waals surface area (Å²) in [5.74, 6) is 1.47.